The Morgan fingerprint density at radius 1 is 0.974 bits per heavy atom. The number of aromatic hydroxyl groups is 1. The molecule has 4 N–H and O–H groups in total. The Kier molecular flexibility index (Phi) is 7.56. The van der Waals surface area contributed by atoms with Crippen molar-refractivity contribution in [3.8, 4) is 16.9 Å². The second-order valence-corrected chi connectivity index (χ2v) is 11.5. The third-order valence-electron chi connectivity index (χ3n) is 7.44. The normalized spacial score (nSPS) is 19.9. The molecule has 1 heterocycles. The second kappa shape index (κ2) is 10.9. The highest BCUT2D eigenvalue weighted by Gasteiger charge is 2.34. The van der Waals surface area contributed by atoms with Crippen molar-refractivity contribution in [1.29, 1.82) is 0 Å². The van der Waals surface area contributed by atoms with E-state index in [2.05, 4.69) is 4.90 Å². The molecule has 0 spiro atoms. The van der Waals surface area contributed by atoms with E-state index in [9.17, 15) is 33.7 Å². The minimum atomic E-state index is -4.32. The van der Waals surface area contributed by atoms with Gasteiger partial charge in [0.2, 0.25) is 0 Å². The zero-order chi connectivity index (χ0) is 27.7. The van der Waals surface area contributed by atoms with Gasteiger partial charge in [0.1, 0.15) is 11.6 Å². The summed E-state index contributed by atoms with van der Waals surface area (Å²) in [5, 5.41) is 21.3. The van der Waals surface area contributed by atoms with Crippen LogP contribution >= 0.6 is 7.60 Å². The highest BCUT2D eigenvalue weighted by atomic mass is 31.2. The minimum Gasteiger partial charge on any atom is -0.508 e. The largest absolute Gasteiger partial charge is 0.508 e. The number of carbonyl (C=O) groups is 1. The molecule has 39 heavy (non-hydrogen) atoms. The number of likely N-dealkylation sites (tertiary alicyclic amines) is 1. The number of phenols is 1. The van der Waals surface area contributed by atoms with Crippen molar-refractivity contribution in [2.24, 2.45) is 5.92 Å². The van der Waals surface area contributed by atoms with Gasteiger partial charge in [-0.1, -0.05) is 42.5 Å². The number of aliphatic hydroxyl groups excluding tert-OH is 1. The van der Waals surface area contributed by atoms with Gasteiger partial charge in [-0.25, -0.2) is 4.39 Å². The Hall–Kier alpha value is -3.55. The number of aliphatic hydroxyl groups is 1. The van der Waals surface area contributed by atoms with Crippen LogP contribution in [-0.2, 0) is 9.36 Å². The number of hydrogen-bond acceptors (Lipinski definition) is 5. The van der Waals surface area contributed by atoms with E-state index in [0.29, 0.717) is 18.4 Å². The zero-order valence-electron chi connectivity index (χ0n) is 21.0. The molecule has 7 nitrogen and oxygen atoms in total. The lowest BCUT2D eigenvalue weighted by Crippen LogP contribution is -2.40. The number of phenolic OH excluding ortho intramolecular Hbond substituents is 1. The molecule has 3 aromatic carbocycles. The summed E-state index contributed by atoms with van der Waals surface area (Å²) in [4.78, 5) is 33.3. The summed E-state index contributed by atoms with van der Waals surface area (Å²) in [5.41, 5.74) is 3.71. The van der Waals surface area contributed by atoms with Crippen LogP contribution < -0.4 is 5.30 Å². The van der Waals surface area contributed by atoms with Crippen LogP contribution in [0.2, 0.25) is 0 Å². The molecule has 0 unspecified atom stereocenters. The lowest BCUT2D eigenvalue weighted by molar-refractivity contribution is -0.117. The molecule has 1 saturated heterocycles. The molecule has 0 radical (unpaired) electrons. The summed E-state index contributed by atoms with van der Waals surface area (Å²) in [5.74, 6) is -0.656. The first-order valence-electron chi connectivity index (χ1n) is 12.7. The minimum absolute atomic E-state index is 0.0286. The van der Waals surface area contributed by atoms with Gasteiger partial charge in [0.05, 0.1) is 17.5 Å². The number of allylic oxidation sites excluding steroid dienone is 3. The fourth-order valence-corrected chi connectivity index (χ4v) is 5.65. The second-order valence-electron chi connectivity index (χ2n) is 9.94. The lowest BCUT2D eigenvalue weighted by Gasteiger charge is -2.45. The van der Waals surface area contributed by atoms with Crippen molar-refractivity contribution in [2.45, 2.75) is 31.4 Å². The molecule has 1 aliphatic carbocycles. The quantitative estimate of drug-likeness (QED) is 0.295. The molecule has 0 amide bonds. The van der Waals surface area contributed by atoms with Crippen LogP contribution in [0.1, 0.15) is 42.5 Å². The first-order chi connectivity index (χ1) is 18.6. The summed E-state index contributed by atoms with van der Waals surface area (Å²) in [6.07, 6.45) is 6.11. The number of hydrogen-bond donors (Lipinski definition) is 4. The standard InChI is InChI=1S/C30H29FNO6P/c31-23-7-1-20(2-8-23)28(33)13-6-22-17-24(9-14-29(22)34)32-16-15-27(32)26-12-5-21(18-30(26)35)19-3-10-25(11-4-19)39(36,37)38/h1-5,7-12,14,17-18,22,27-28,33,35H,6,13,15-16H2,(H2,36,37,38)/t22-,27+,28+/m1/s1. The van der Waals surface area contributed by atoms with Gasteiger partial charge in [-0.15, -0.1) is 0 Å². The van der Waals surface area contributed by atoms with E-state index in [-0.39, 0.29) is 34.6 Å². The van der Waals surface area contributed by atoms with Gasteiger partial charge in [0.15, 0.2) is 5.78 Å². The maximum Gasteiger partial charge on any atom is 0.356 e. The SMILES string of the molecule is O=C1C=CC(N2CC[C@H]2c2ccc(-c3ccc(P(=O)(O)O)cc3)cc2O)=C[C@H]1CC[C@H](O)c1ccc(F)cc1. The van der Waals surface area contributed by atoms with Crippen LogP contribution in [-0.4, -0.2) is 37.2 Å². The Morgan fingerprint density at radius 3 is 2.28 bits per heavy atom. The van der Waals surface area contributed by atoms with Gasteiger partial charge >= 0.3 is 7.60 Å². The average molecular weight is 550 g/mol. The molecule has 202 valence electrons. The van der Waals surface area contributed by atoms with Crippen LogP contribution in [0.5, 0.6) is 5.75 Å². The van der Waals surface area contributed by atoms with E-state index in [1.807, 2.05) is 18.2 Å². The number of ketones is 1. The van der Waals surface area contributed by atoms with Gasteiger partial charge < -0.3 is 24.9 Å². The number of benzene rings is 3. The number of nitrogens with zero attached hydrogens (tertiary/aromatic N) is 1. The van der Waals surface area contributed by atoms with E-state index in [0.717, 1.165) is 35.4 Å². The molecule has 5 rings (SSSR count). The van der Waals surface area contributed by atoms with E-state index in [4.69, 9.17) is 0 Å². The maximum absolute atomic E-state index is 13.2. The molecular formula is C30H29FNO6P. The van der Waals surface area contributed by atoms with Crippen molar-refractivity contribution in [2.75, 3.05) is 6.54 Å². The van der Waals surface area contributed by atoms with Crippen LogP contribution in [0.4, 0.5) is 4.39 Å². The molecule has 0 saturated carbocycles. The summed E-state index contributed by atoms with van der Waals surface area (Å²) in [6, 6.07) is 17.0. The summed E-state index contributed by atoms with van der Waals surface area (Å²) in [7, 11) is -4.32. The van der Waals surface area contributed by atoms with E-state index in [1.165, 1.54) is 24.3 Å². The van der Waals surface area contributed by atoms with Crippen molar-refractivity contribution in [3.63, 3.8) is 0 Å². The van der Waals surface area contributed by atoms with Crippen molar-refractivity contribution in [3.05, 3.63) is 108 Å². The topological polar surface area (TPSA) is 118 Å². The van der Waals surface area contributed by atoms with Gasteiger partial charge in [0.25, 0.3) is 0 Å². The zero-order valence-corrected chi connectivity index (χ0v) is 21.9. The van der Waals surface area contributed by atoms with Crippen molar-refractivity contribution < 1.29 is 33.7 Å². The molecule has 3 aromatic rings. The Balaban J connectivity index is 1.27. The summed E-state index contributed by atoms with van der Waals surface area (Å²) in [6.45, 7) is 0.769. The Morgan fingerprint density at radius 2 is 1.67 bits per heavy atom. The molecule has 9 heteroatoms. The van der Waals surface area contributed by atoms with E-state index < -0.39 is 13.7 Å². The molecule has 0 bridgehead atoms. The molecule has 0 aromatic heterocycles. The first-order valence-corrected chi connectivity index (χ1v) is 14.3. The third kappa shape index (κ3) is 5.89. The van der Waals surface area contributed by atoms with Gasteiger partial charge in [-0.3, -0.25) is 9.36 Å². The number of halogens is 1. The molecule has 3 atom stereocenters. The molecule has 1 fully saturated rings. The predicted molar refractivity (Wildman–Crippen MR) is 146 cm³/mol. The van der Waals surface area contributed by atoms with Gasteiger partial charge in [-0.05, 0) is 78.4 Å². The first kappa shape index (κ1) is 27.0. The summed E-state index contributed by atoms with van der Waals surface area (Å²) >= 11 is 0. The van der Waals surface area contributed by atoms with Crippen LogP contribution in [0.15, 0.2) is 90.7 Å². The van der Waals surface area contributed by atoms with Gasteiger partial charge in [-0.2, -0.15) is 0 Å². The number of carbonyl (C=O) groups excluding carboxylic acids is 1. The fraction of sp³-hybridized carbons (Fsp3) is 0.233. The monoisotopic (exact) mass is 549 g/mol. The van der Waals surface area contributed by atoms with E-state index in [1.54, 1.807) is 42.5 Å². The van der Waals surface area contributed by atoms with Crippen LogP contribution in [0.25, 0.3) is 11.1 Å². The molecule has 2 aliphatic rings. The number of rotatable bonds is 8. The third-order valence-corrected chi connectivity index (χ3v) is 8.41. The molecule has 1 aliphatic heterocycles. The maximum atomic E-state index is 13.2. The van der Waals surface area contributed by atoms with Gasteiger partial charge in [0, 0.05) is 23.7 Å². The predicted octanol–water partition coefficient (Wildman–Crippen LogP) is 4.90. The van der Waals surface area contributed by atoms with Crippen LogP contribution in [0.3, 0.4) is 0 Å². The van der Waals surface area contributed by atoms with Crippen LogP contribution in [0, 0.1) is 11.7 Å². The highest BCUT2D eigenvalue weighted by molar-refractivity contribution is 7.60. The average Bonchev–Trinajstić information content (AvgIpc) is 2.89. The van der Waals surface area contributed by atoms with E-state index >= 15 is 0 Å². The molecular weight excluding hydrogens is 520 g/mol. The lowest BCUT2D eigenvalue weighted by atomic mass is 9.87. The Bertz CT molecular complexity index is 1480. The Labute approximate surface area is 225 Å². The smallest absolute Gasteiger partial charge is 0.356 e. The fourth-order valence-electron chi connectivity index (χ4n) is 5.11. The highest BCUT2D eigenvalue weighted by Crippen LogP contribution is 2.43. The van der Waals surface area contributed by atoms with Crippen molar-refractivity contribution in [1.82, 2.24) is 4.90 Å². The van der Waals surface area contributed by atoms with Crippen molar-refractivity contribution >= 4 is 18.7 Å². The summed E-state index contributed by atoms with van der Waals surface area (Å²) < 4.78 is 24.6.